The number of hydrazine groups is 1. The van der Waals surface area contributed by atoms with E-state index in [0.717, 1.165) is 57.0 Å². The van der Waals surface area contributed by atoms with Gasteiger partial charge in [-0.15, -0.1) is 0 Å². The molecule has 1 amide bonds. The van der Waals surface area contributed by atoms with E-state index in [1.54, 1.807) is 6.08 Å². The number of thiol groups is 1. The number of nitrogens with zero attached hydrogens (tertiary/aromatic N) is 1. The number of amides is 1. The highest BCUT2D eigenvalue weighted by Crippen LogP contribution is 2.52. The van der Waals surface area contributed by atoms with Crippen LogP contribution in [0.4, 0.5) is 0 Å². The summed E-state index contributed by atoms with van der Waals surface area (Å²) in [7, 11) is 0. The summed E-state index contributed by atoms with van der Waals surface area (Å²) < 4.78 is 0. The van der Waals surface area contributed by atoms with Crippen LogP contribution < -0.4 is 16.1 Å². The molecule has 12 heteroatoms. The third-order valence-corrected chi connectivity index (χ3v) is 10.2. The summed E-state index contributed by atoms with van der Waals surface area (Å²) in [6.07, 6.45) is 7.54. The van der Waals surface area contributed by atoms with Gasteiger partial charge in [0.05, 0.1) is 5.70 Å². The SMILES string of the molecule is C=CC1=C(O)N[C@H](Cc2[nH]c(/C=C3/C(CCC(=O)O)=C(C)[C@]4(/C=C5\NC(=O)[C@H](C)[C@H]5CCS)NN34)c(CCC(=O)O)c2C)C1C. The molecule has 11 nitrogen and oxygen atoms in total. The standard InChI is InChI=1S/C33H43N5O6S/c1-6-20-16(2)25(35-32(20)44)13-24-17(3)21(7-9-29(39)40)26(34-24)14-28-23(8-10-30(41)42)19(5)33(37-38(28)33)15-27-22(11-12-45)18(4)31(43)36-27/h6,14-16,18,22,25,34-35,37,44-45H,1,7-13H2,2-5H3,(H,36,43)(H,39,40)(H,41,42)/b27-15-,28-14-/t16?,18-,22-,25-,33-,38?/m1/s1. The topological polar surface area (TPSA) is 177 Å². The number of H-pyrrole nitrogens is 1. The van der Waals surface area contributed by atoms with Crippen LogP contribution in [-0.4, -0.2) is 60.6 Å². The van der Waals surface area contributed by atoms with Gasteiger partial charge < -0.3 is 30.9 Å². The first-order chi connectivity index (χ1) is 21.3. The summed E-state index contributed by atoms with van der Waals surface area (Å²) in [6, 6.07) is -0.0785. The van der Waals surface area contributed by atoms with Crippen LogP contribution in [-0.2, 0) is 27.2 Å². The largest absolute Gasteiger partial charge is 0.495 e. The first-order valence-corrected chi connectivity index (χ1v) is 16.1. The maximum absolute atomic E-state index is 12.6. The van der Waals surface area contributed by atoms with E-state index in [2.05, 4.69) is 40.3 Å². The lowest BCUT2D eigenvalue weighted by Crippen LogP contribution is -2.30. The molecule has 0 saturated carbocycles. The molecule has 45 heavy (non-hydrogen) atoms. The monoisotopic (exact) mass is 637 g/mol. The van der Waals surface area contributed by atoms with Crippen LogP contribution in [0.2, 0.25) is 0 Å². The number of hydrogen-bond donors (Lipinski definition) is 8. The average molecular weight is 638 g/mol. The number of hydrogen-bond acceptors (Lipinski definition) is 8. The molecule has 5 atom stereocenters. The van der Waals surface area contributed by atoms with E-state index in [0.29, 0.717) is 25.0 Å². The predicted molar refractivity (Wildman–Crippen MR) is 174 cm³/mol. The Kier molecular flexibility index (Phi) is 9.01. The van der Waals surface area contributed by atoms with Crippen molar-refractivity contribution in [2.75, 3.05) is 5.75 Å². The Bertz CT molecular complexity index is 1570. The minimum atomic E-state index is -0.898. The molecule has 242 valence electrons. The third-order valence-electron chi connectivity index (χ3n) is 9.96. The van der Waals surface area contributed by atoms with E-state index < -0.39 is 17.6 Å². The van der Waals surface area contributed by atoms with Crippen LogP contribution in [0.5, 0.6) is 0 Å². The highest BCUT2D eigenvalue weighted by Gasteiger charge is 2.60. The number of carboxylic acids is 2. The summed E-state index contributed by atoms with van der Waals surface area (Å²) in [5.41, 5.74) is 10.6. The summed E-state index contributed by atoms with van der Waals surface area (Å²) in [5, 5.41) is 37.6. The second-order valence-corrected chi connectivity index (χ2v) is 13.0. The molecule has 0 radical (unpaired) electrons. The van der Waals surface area contributed by atoms with Crippen LogP contribution in [0, 0.1) is 24.7 Å². The number of aliphatic hydroxyl groups excluding tert-OH is 1. The van der Waals surface area contributed by atoms with Crippen LogP contribution in [0.1, 0.15) is 69.0 Å². The number of fused-ring (bicyclic) bond motifs is 1. The number of carbonyl (C=O) groups is 3. The predicted octanol–water partition coefficient (Wildman–Crippen LogP) is 4.08. The zero-order valence-electron chi connectivity index (χ0n) is 26.2. The molecule has 1 aromatic rings. The molecular weight excluding hydrogens is 594 g/mol. The van der Waals surface area contributed by atoms with Crippen molar-refractivity contribution >= 4 is 36.6 Å². The summed E-state index contributed by atoms with van der Waals surface area (Å²) in [4.78, 5) is 39.4. The average Bonchev–Trinajstić information content (AvgIpc) is 3.33. The Balaban J connectivity index is 1.54. The Morgan fingerprint density at radius 3 is 2.42 bits per heavy atom. The zero-order valence-corrected chi connectivity index (χ0v) is 27.1. The first-order valence-electron chi connectivity index (χ1n) is 15.4. The van der Waals surface area contributed by atoms with Gasteiger partial charge in [0, 0.05) is 65.7 Å². The van der Waals surface area contributed by atoms with Crippen LogP contribution in [0.25, 0.3) is 6.08 Å². The molecule has 2 fully saturated rings. The maximum Gasteiger partial charge on any atom is 0.303 e. The fraction of sp³-hybridized carbons (Fsp3) is 0.485. The van der Waals surface area contributed by atoms with Crippen molar-refractivity contribution in [3.05, 3.63) is 75.2 Å². The number of aliphatic hydroxyl groups is 1. The van der Waals surface area contributed by atoms with Gasteiger partial charge in [-0.25, -0.2) is 0 Å². The molecule has 1 aromatic heterocycles. The maximum atomic E-state index is 12.6. The quantitative estimate of drug-likeness (QED) is 0.117. The molecule has 5 heterocycles. The molecule has 0 aromatic carbocycles. The van der Waals surface area contributed by atoms with E-state index in [1.807, 2.05) is 44.9 Å². The van der Waals surface area contributed by atoms with Crippen molar-refractivity contribution in [1.29, 1.82) is 0 Å². The lowest BCUT2D eigenvalue weighted by molar-refractivity contribution is -0.138. The van der Waals surface area contributed by atoms with E-state index in [9.17, 15) is 29.7 Å². The highest BCUT2D eigenvalue weighted by atomic mass is 32.1. The van der Waals surface area contributed by atoms with Crippen molar-refractivity contribution in [2.45, 2.75) is 77.9 Å². The normalized spacial score (nSPS) is 29.1. The molecule has 2 saturated heterocycles. The van der Waals surface area contributed by atoms with Gasteiger partial charge in [0.25, 0.3) is 0 Å². The Morgan fingerprint density at radius 2 is 1.80 bits per heavy atom. The molecule has 4 aliphatic heterocycles. The Labute approximate surface area is 268 Å². The highest BCUT2D eigenvalue weighted by molar-refractivity contribution is 7.80. The molecule has 0 spiro atoms. The summed E-state index contributed by atoms with van der Waals surface area (Å²) in [5.74, 6) is -1.19. The van der Waals surface area contributed by atoms with Gasteiger partial charge >= 0.3 is 11.9 Å². The van der Waals surface area contributed by atoms with Gasteiger partial charge in [-0.2, -0.15) is 18.1 Å². The minimum absolute atomic E-state index is 0.00952. The van der Waals surface area contributed by atoms with Crippen molar-refractivity contribution in [3.63, 3.8) is 0 Å². The van der Waals surface area contributed by atoms with E-state index in [1.165, 1.54) is 0 Å². The van der Waals surface area contributed by atoms with Crippen molar-refractivity contribution in [3.8, 4) is 0 Å². The number of carboxylic acid groups (broad SMARTS) is 2. The van der Waals surface area contributed by atoms with Gasteiger partial charge in [0.1, 0.15) is 0 Å². The van der Waals surface area contributed by atoms with E-state index in [-0.39, 0.29) is 48.4 Å². The van der Waals surface area contributed by atoms with Crippen molar-refractivity contribution < 1.29 is 29.7 Å². The molecule has 0 bridgehead atoms. The second kappa shape index (κ2) is 12.5. The Hall–Kier alpha value is -3.90. The lowest BCUT2D eigenvalue weighted by atomic mass is 9.90. The van der Waals surface area contributed by atoms with Gasteiger partial charge in [-0.1, -0.05) is 26.5 Å². The van der Waals surface area contributed by atoms with Gasteiger partial charge in [0.15, 0.2) is 11.5 Å². The van der Waals surface area contributed by atoms with E-state index >= 15 is 0 Å². The van der Waals surface area contributed by atoms with Gasteiger partial charge in [0.2, 0.25) is 5.91 Å². The molecular formula is C33H43N5O6S. The van der Waals surface area contributed by atoms with Crippen LogP contribution >= 0.6 is 12.6 Å². The Morgan fingerprint density at radius 1 is 1.11 bits per heavy atom. The molecule has 7 N–H and O–H groups in total. The molecule has 5 rings (SSSR count). The second-order valence-electron chi connectivity index (χ2n) is 12.5. The van der Waals surface area contributed by atoms with Crippen LogP contribution in [0.3, 0.4) is 0 Å². The summed E-state index contributed by atoms with van der Waals surface area (Å²) >= 11 is 4.41. The van der Waals surface area contributed by atoms with Crippen molar-refractivity contribution in [1.82, 2.24) is 26.1 Å². The number of aliphatic carboxylic acids is 2. The fourth-order valence-electron chi connectivity index (χ4n) is 7.10. The number of rotatable bonds is 13. The third kappa shape index (κ3) is 5.93. The van der Waals surface area contributed by atoms with Crippen LogP contribution in [0.15, 0.2) is 52.7 Å². The fourth-order valence-corrected chi connectivity index (χ4v) is 7.38. The van der Waals surface area contributed by atoms with Gasteiger partial charge in [-0.05, 0) is 73.3 Å². The number of allylic oxidation sites excluding steroid dienone is 3. The van der Waals surface area contributed by atoms with Gasteiger partial charge in [-0.3, -0.25) is 19.4 Å². The number of nitrogens with one attached hydrogen (secondary N) is 4. The summed E-state index contributed by atoms with van der Waals surface area (Å²) in [6.45, 7) is 11.7. The van der Waals surface area contributed by atoms with E-state index in [4.69, 9.17) is 0 Å². The van der Waals surface area contributed by atoms with Crippen molar-refractivity contribution in [2.24, 2.45) is 17.8 Å². The minimum Gasteiger partial charge on any atom is -0.495 e. The molecule has 4 aliphatic rings. The zero-order chi connectivity index (χ0) is 32.8. The number of aromatic nitrogens is 1. The lowest BCUT2D eigenvalue weighted by Gasteiger charge is -2.17. The molecule has 0 aliphatic carbocycles. The molecule has 1 unspecified atom stereocenters. The first kappa shape index (κ1) is 32.5. The number of carbonyl (C=O) groups excluding carboxylic acids is 1. The number of aromatic amines is 1. The smallest absolute Gasteiger partial charge is 0.303 e.